The molecule has 0 aliphatic carbocycles. The molecule has 2 aromatic carbocycles. The number of hydrogen-bond acceptors (Lipinski definition) is 2. The minimum atomic E-state index is -1.53. The molecule has 0 radical (unpaired) electrons. The third-order valence-electron chi connectivity index (χ3n) is 5.81. The van der Waals surface area contributed by atoms with E-state index in [1.54, 1.807) is 0 Å². The molecular weight excluding hydrogens is 336 g/mol. The molecule has 0 amide bonds. The van der Waals surface area contributed by atoms with Gasteiger partial charge in [0.2, 0.25) is 0 Å². The van der Waals surface area contributed by atoms with Gasteiger partial charge in [0, 0.05) is 22.9 Å². The quantitative estimate of drug-likeness (QED) is 0.387. The van der Waals surface area contributed by atoms with Crippen molar-refractivity contribution in [2.45, 2.75) is 52.2 Å². The Balaban J connectivity index is 1.87. The van der Waals surface area contributed by atoms with Gasteiger partial charge in [-0.15, -0.1) is 0 Å². The maximum atomic E-state index is 6.47. The summed E-state index contributed by atoms with van der Waals surface area (Å²) in [6, 6.07) is 18.3. The zero-order chi connectivity index (χ0) is 18.6. The predicted octanol–water partition coefficient (Wildman–Crippen LogP) is 7.40. The van der Waals surface area contributed by atoms with Gasteiger partial charge >= 0.3 is 0 Å². The molecule has 3 heteroatoms. The maximum Gasteiger partial charge on any atom is 0.191 e. The third kappa shape index (κ3) is 3.51. The highest BCUT2D eigenvalue weighted by Gasteiger charge is 2.28. The van der Waals surface area contributed by atoms with E-state index in [9.17, 15) is 0 Å². The lowest BCUT2D eigenvalue weighted by molar-refractivity contribution is 0.308. The van der Waals surface area contributed by atoms with E-state index in [0.717, 1.165) is 24.2 Å². The van der Waals surface area contributed by atoms with E-state index in [1.165, 1.54) is 40.0 Å². The van der Waals surface area contributed by atoms with Gasteiger partial charge in [0.1, 0.15) is 11.2 Å². The third-order valence-corrected chi connectivity index (χ3v) is 10.5. The Labute approximate surface area is 158 Å². The van der Waals surface area contributed by atoms with E-state index < -0.39 is 8.32 Å². The molecule has 1 aromatic heterocycles. The zero-order valence-electron chi connectivity index (χ0n) is 16.5. The van der Waals surface area contributed by atoms with E-state index in [0.29, 0.717) is 0 Å². The molecule has 0 bridgehead atoms. The van der Waals surface area contributed by atoms with Crippen LogP contribution in [0.3, 0.4) is 0 Å². The molecular formula is C23H30O2Si. The van der Waals surface area contributed by atoms with E-state index in [1.807, 2.05) is 12.1 Å². The topological polar surface area (TPSA) is 22.4 Å². The largest absolute Gasteiger partial charge is 0.455 e. The van der Waals surface area contributed by atoms with Crippen LogP contribution in [0.5, 0.6) is 0 Å². The fraction of sp³-hybridized carbons (Fsp3) is 0.391. The Kier molecular flexibility index (Phi) is 6.00. The van der Waals surface area contributed by atoms with Crippen molar-refractivity contribution in [3.05, 3.63) is 54.1 Å². The summed E-state index contributed by atoms with van der Waals surface area (Å²) in [6.45, 7) is 9.76. The molecule has 0 saturated carbocycles. The predicted molar refractivity (Wildman–Crippen MR) is 115 cm³/mol. The number of fused-ring (bicyclic) bond motifs is 3. The van der Waals surface area contributed by atoms with Crippen LogP contribution in [-0.2, 0) is 4.43 Å². The fourth-order valence-electron chi connectivity index (χ4n) is 3.87. The molecule has 2 nitrogen and oxygen atoms in total. The lowest BCUT2D eigenvalue weighted by Crippen LogP contribution is -2.36. The van der Waals surface area contributed by atoms with Crippen LogP contribution in [0.25, 0.3) is 27.5 Å². The minimum Gasteiger partial charge on any atom is -0.455 e. The lowest BCUT2D eigenvalue weighted by Gasteiger charge is -2.28. The van der Waals surface area contributed by atoms with Crippen LogP contribution in [0, 0.1) is 0 Å². The van der Waals surface area contributed by atoms with Crippen molar-refractivity contribution in [3.63, 3.8) is 0 Å². The van der Waals surface area contributed by atoms with Crippen LogP contribution in [0.2, 0.25) is 18.1 Å². The molecule has 0 spiro atoms. The lowest BCUT2D eigenvalue weighted by atomic mass is 10.00. The van der Waals surface area contributed by atoms with Crippen molar-refractivity contribution in [3.8, 4) is 0 Å². The molecule has 0 fully saturated rings. The average molecular weight is 367 g/mol. The average Bonchev–Trinajstić information content (AvgIpc) is 3.08. The van der Waals surface area contributed by atoms with Gasteiger partial charge in [-0.1, -0.05) is 63.2 Å². The smallest absolute Gasteiger partial charge is 0.191 e. The number of rotatable bonds is 8. The monoisotopic (exact) mass is 366 g/mol. The Morgan fingerprint density at radius 2 is 1.65 bits per heavy atom. The van der Waals surface area contributed by atoms with Gasteiger partial charge in [0.25, 0.3) is 0 Å². The first-order valence-corrected chi connectivity index (χ1v) is 12.4. The van der Waals surface area contributed by atoms with E-state index >= 15 is 0 Å². The van der Waals surface area contributed by atoms with Gasteiger partial charge in [-0.3, -0.25) is 0 Å². The summed E-state index contributed by atoms with van der Waals surface area (Å²) in [4.78, 5) is 0. The Bertz CT molecular complexity index is 895. The first-order chi connectivity index (χ1) is 12.7. The molecule has 26 heavy (non-hydrogen) atoms. The van der Waals surface area contributed by atoms with Crippen LogP contribution in [0.15, 0.2) is 53.0 Å². The Morgan fingerprint density at radius 1 is 0.962 bits per heavy atom. The van der Waals surface area contributed by atoms with Gasteiger partial charge in [-0.2, -0.15) is 0 Å². The molecule has 0 saturated heterocycles. The van der Waals surface area contributed by atoms with Crippen LogP contribution in [0.1, 0.15) is 39.7 Å². The maximum absolute atomic E-state index is 6.47. The molecule has 138 valence electrons. The van der Waals surface area contributed by atoms with Crippen molar-refractivity contribution in [2.75, 3.05) is 6.61 Å². The zero-order valence-corrected chi connectivity index (χ0v) is 17.5. The van der Waals surface area contributed by atoms with Crippen molar-refractivity contribution >= 4 is 35.8 Å². The summed E-state index contributed by atoms with van der Waals surface area (Å²) in [5.74, 6) is 0. The van der Waals surface area contributed by atoms with Crippen LogP contribution < -0.4 is 0 Å². The Morgan fingerprint density at radius 3 is 2.35 bits per heavy atom. The minimum absolute atomic E-state index is 0.804. The van der Waals surface area contributed by atoms with E-state index in [2.05, 4.69) is 64.1 Å². The highest BCUT2D eigenvalue weighted by atomic mass is 28.4. The number of furan rings is 1. The summed E-state index contributed by atoms with van der Waals surface area (Å²) < 4.78 is 12.7. The second-order valence-electron chi connectivity index (χ2n) is 6.94. The SMILES string of the molecule is C/C=C(\CCO[Si](CC)(CC)CC)c1cccc2c1oc1ccccc12. The summed E-state index contributed by atoms with van der Waals surface area (Å²) in [7, 11) is -1.53. The van der Waals surface area contributed by atoms with Crippen LogP contribution >= 0.6 is 0 Å². The molecule has 0 atom stereocenters. The van der Waals surface area contributed by atoms with Gasteiger partial charge in [-0.25, -0.2) is 0 Å². The molecule has 3 rings (SSSR count). The van der Waals surface area contributed by atoms with Gasteiger partial charge in [0.15, 0.2) is 8.32 Å². The fourth-order valence-corrected chi connectivity index (χ4v) is 6.52. The number of para-hydroxylation sites is 2. The van der Waals surface area contributed by atoms with E-state index in [-0.39, 0.29) is 0 Å². The van der Waals surface area contributed by atoms with Crippen LogP contribution in [-0.4, -0.2) is 14.9 Å². The first-order valence-electron chi connectivity index (χ1n) is 9.87. The second-order valence-corrected chi connectivity index (χ2v) is 11.7. The molecule has 1 heterocycles. The summed E-state index contributed by atoms with van der Waals surface area (Å²) in [5.41, 5.74) is 4.45. The second kappa shape index (κ2) is 8.23. The molecule has 0 aliphatic heterocycles. The molecule has 3 aromatic rings. The highest BCUT2D eigenvalue weighted by Crippen LogP contribution is 2.34. The highest BCUT2D eigenvalue weighted by molar-refractivity contribution is 6.73. The van der Waals surface area contributed by atoms with Gasteiger partial charge in [-0.05, 0) is 43.1 Å². The summed E-state index contributed by atoms with van der Waals surface area (Å²) in [5, 5.41) is 2.38. The molecule has 0 N–H and O–H groups in total. The molecule has 0 unspecified atom stereocenters. The summed E-state index contributed by atoms with van der Waals surface area (Å²) in [6.07, 6.45) is 3.14. The Hall–Kier alpha value is -1.84. The van der Waals surface area contributed by atoms with Crippen LogP contribution in [0.4, 0.5) is 0 Å². The van der Waals surface area contributed by atoms with Crippen molar-refractivity contribution < 1.29 is 8.84 Å². The number of allylic oxidation sites excluding steroid dienone is 1. The standard InChI is InChI=1S/C23H30O2Si/c1-5-18(16-17-24-26(6-2,7-3)8-4)19-13-11-14-21-20-12-9-10-15-22(20)25-23(19)21/h5,9-15H,6-8,16-17H2,1-4H3/b18-5+. The molecule has 0 aliphatic rings. The van der Waals surface area contributed by atoms with Crippen molar-refractivity contribution in [1.82, 2.24) is 0 Å². The van der Waals surface area contributed by atoms with Gasteiger partial charge < -0.3 is 8.84 Å². The van der Waals surface area contributed by atoms with E-state index in [4.69, 9.17) is 8.84 Å². The summed E-state index contributed by atoms with van der Waals surface area (Å²) >= 11 is 0. The van der Waals surface area contributed by atoms with Gasteiger partial charge in [0.05, 0.1) is 0 Å². The number of benzene rings is 2. The number of hydrogen-bond donors (Lipinski definition) is 0. The first kappa shape index (κ1) is 18.9. The van der Waals surface area contributed by atoms with Crippen molar-refractivity contribution in [2.24, 2.45) is 0 Å². The van der Waals surface area contributed by atoms with Crippen molar-refractivity contribution in [1.29, 1.82) is 0 Å². The normalized spacial score (nSPS) is 13.0.